The number of carbonyl (C=O) groups is 2. The molecule has 1 atom stereocenters. The van der Waals surface area contributed by atoms with Crippen molar-refractivity contribution in [2.75, 3.05) is 0 Å². The minimum absolute atomic E-state index is 0.0756. The van der Waals surface area contributed by atoms with Gasteiger partial charge in [-0.1, -0.05) is 32.3 Å². The highest BCUT2D eigenvalue weighted by molar-refractivity contribution is 5.93. The van der Waals surface area contributed by atoms with Gasteiger partial charge in [0.2, 0.25) is 0 Å². The fourth-order valence-electron chi connectivity index (χ4n) is 3.10. The highest BCUT2D eigenvalue weighted by Gasteiger charge is 2.34. The summed E-state index contributed by atoms with van der Waals surface area (Å²) in [7, 11) is 0. The summed E-state index contributed by atoms with van der Waals surface area (Å²) in [6.45, 7) is 11.5. The van der Waals surface area contributed by atoms with Crippen molar-refractivity contribution in [1.29, 1.82) is 0 Å². The van der Waals surface area contributed by atoms with E-state index in [0.29, 0.717) is 6.42 Å². The van der Waals surface area contributed by atoms with Gasteiger partial charge in [0, 0.05) is 24.2 Å². The molecule has 0 aromatic rings. The zero-order valence-corrected chi connectivity index (χ0v) is 16.5. The van der Waals surface area contributed by atoms with Crippen LogP contribution >= 0.6 is 0 Å². The molecule has 0 radical (unpaired) electrons. The fraction of sp³-hybridized carbons (Fsp3) is 0.714. The van der Waals surface area contributed by atoms with E-state index in [0.717, 1.165) is 57.1 Å². The predicted molar refractivity (Wildman–Crippen MR) is 102 cm³/mol. The number of hydrogen-bond acceptors (Lipinski definition) is 3. The average molecular weight is 350 g/mol. The lowest BCUT2D eigenvalue weighted by molar-refractivity contribution is -0.116. The van der Waals surface area contributed by atoms with E-state index in [2.05, 4.69) is 13.5 Å². The monoisotopic (exact) mass is 349 g/mol. The average Bonchev–Trinajstić information content (AvgIpc) is 2.49. The molecule has 25 heavy (non-hydrogen) atoms. The van der Waals surface area contributed by atoms with Crippen LogP contribution in [0.4, 0.5) is 4.79 Å². The summed E-state index contributed by atoms with van der Waals surface area (Å²) in [5, 5.41) is 0. The molecule has 1 aliphatic heterocycles. The van der Waals surface area contributed by atoms with Gasteiger partial charge < -0.3 is 4.74 Å². The molecule has 0 aromatic heterocycles. The van der Waals surface area contributed by atoms with Crippen LogP contribution in [0.1, 0.15) is 85.5 Å². The first-order valence-electron chi connectivity index (χ1n) is 9.65. The molecule has 142 valence electrons. The van der Waals surface area contributed by atoms with Gasteiger partial charge >= 0.3 is 6.09 Å². The maximum atomic E-state index is 12.8. The Hall–Kier alpha value is -1.58. The molecule has 1 unspecified atom stereocenters. The molecule has 0 spiro atoms. The summed E-state index contributed by atoms with van der Waals surface area (Å²) >= 11 is 0. The van der Waals surface area contributed by atoms with Crippen molar-refractivity contribution in [1.82, 2.24) is 4.90 Å². The first-order valence-corrected chi connectivity index (χ1v) is 9.65. The van der Waals surface area contributed by atoms with Gasteiger partial charge in [-0.3, -0.25) is 9.69 Å². The Labute approximate surface area is 153 Å². The third-order valence-corrected chi connectivity index (χ3v) is 4.26. The summed E-state index contributed by atoms with van der Waals surface area (Å²) in [6, 6.07) is -0.0756. The molecule has 1 heterocycles. The summed E-state index contributed by atoms with van der Waals surface area (Å²) in [6.07, 6.45) is 11.4. The van der Waals surface area contributed by atoms with E-state index in [1.807, 2.05) is 26.8 Å². The van der Waals surface area contributed by atoms with Crippen molar-refractivity contribution in [3.05, 3.63) is 24.4 Å². The Morgan fingerprint density at radius 2 is 2.04 bits per heavy atom. The standard InChI is InChI=1S/C21H35NO3/c1-6-8-10-12-14-18-16-19(23)15-17(13-11-9-7-2)22(18)20(24)25-21(3,4)5/h6,16-17H,1,7-15H2,2-5H3. The summed E-state index contributed by atoms with van der Waals surface area (Å²) in [5.74, 6) is 0.125. The quantitative estimate of drug-likeness (QED) is 0.392. The summed E-state index contributed by atoms with van der Waals surface area (Å²) < 4.78 is 5.63. The van der Waals surface area contributed by atoms with Crippen molar-refractivity contribution in [2.24, 2.45) is 0 Å². The van der Waals surface area contributed by atoms with Crippen molar-refractivity contribution < 1.29 is 14.3 Å². The Balaban J connectivity index is 2.91. The lowest BCUT2D eigenvalue weighted by Gasteiger charge is -2.37. The number of amides is 1. The van der Waals surface area contributed by atoms with Crippen LogP contribution in [0.5, 0.6) is 0 Å². The lowest BCUT2D eigenvalue weighted by Crippen LogP contribution is -2.46. The van der Waals surface area contributed by atoms with Gasteiger partial charge in [-0.25, -0.2) is 4.79 Å². The largest absolute Gasteiger partial charge is 0.443 e. The highest BCUT2D eigenvalue weighted by Crippen LogP contribution is 2.29. The van der Waals surface area contributed by atoms with E-state index >= 15 is 0 Å². The summed E-state index contributed by atoms with van der Waals surface area (Å²) in [4.78, 5) is 26.7. The zero-order valence-electron chi connectivity index (χ0n) is 16.5. The van der Waals surface area contributed by atoms with E-state index < -0.39 is 5.60 Å². The number of rotatable bonds is 9. The topological polar surface area (TPSA) is 46.6 Å². The number of allylic oxidation sites excluding steroid dienone is 3. The van der Waals surface area contributed by atoms with Crippen LogP contribution in [-0.2, 0) is 9.53 Å². The van der Waals surface area contributed by atoms with Crippen molar-refractivity contribution in [2.45, 2.75) is 97.1 Å². The van der Waals surface area contributed by atoms with Crippen molar-refractivity contribution in [3.8, 4) is 0 Å². The number of carbonyl (C=O) groups excluding carboxylic acids is 2. The van der Waals surface area contributed by atoms with E-state index in [4.69, 9.17) is 4.74 Å². The molecule has 4 nitrogen and oxygen atoms in total. The molecule has 4 heteroatoms. The van der Waals surface area contributed by atoms with Crippen LogP contribution in [0.2, 0.25) is 0 Å². The third kappa shape index (κ3) is 7.89. The normalized spacial score (nSPS) is 18.1. The lowest BCUT2D eigenvalue weighted by atomic mass is 9.95. The molecular weight excluding hydrogens is 314 g/mol. The molecule has 0 aromatic carbocycles. The minimum atomic E-state index is -0.541. The SMILES string of the molecule is C=CCCCCC1=CC(=O)CC(CCCCC)N1C(=O)OC(C)(C)C. The van der Waals surface area contributed by atoms with Crippen LogP contribution in [0.15, 0.2) is 24.4 Å². The van der Waals surface area contributed by atoms with Gasteiger partial charge in [-0.15, -0.1) is 6.58 Å². The van der Waals surface area contributed by atoms with Gasteiger partial charge in [0.25, 0.3) is 0 Å². The molecule has 1 aliphatic rings. The number of hydrogen-bond donors (Lipinski definition) is 0. The Morgan fingerprint density at radius 3 is 2.64 bits per heavy atom. The number of unbranched alkanes of at least 4 members (excludes halogenated alkanes) is 4. The van der Waals surface area contributed by atoms with E-state index in [-0.39, 0.29) is 17.9 Å². The van der Waals surface area contributed by atoms with Gasteiger partial charge in [-0.2, -0.15) is 0 Å². The second kappa shape index (κ2) is 10.4. The molecule has 0 aliphatic carbocycles. The maximum Gasteiger partial charge on any atom is 0.414 e. The molecular formula is C21H35NO3. The molecule has 0 saturated heterocycles. The second-order valence-corrected chi connectivity index (χ2v) is 7.84. The van der Waals surface area contributed by atoms with Gasteiger partial charge in [0.1, 0.15) is 5.60 Å². The maximum absolute atomic E-state index is 12.8. The fourth-order valence-corrected chi connectivity index (χ4v) is 3.10. The first kappa shape index (κ1) is 21.5. The van der Waals surface area contributed by atoms with Gasteiger partial charge in [-0.05, 0) is 52.9 Å². The molecule has 1 rings (SSSR count). The van der Waals surface area contributed by atoms with E-state index in [1.165, 1.54) is 0 Å². The molecule has 0 saturated carbocycles. The second-order valence-electron chi connectivity index (χ2n) is 7.84. The molecule has 0 N–H and O–H groups in total. The Kier molecular flexibility index (Phi) is 8.95. The summed E-state index contributed by atoms with van der Waals surface area (Å²) in [5.41, 5.74) is 0.275. The van der Waals surface area contributed by atoms with E-state index in [9.17, 15) is 9.59 Å². The molecule has 0 fully saturated rings. The van der Waals surface area contributed by atoms with Crippen LogP contribution in [-0.4, -0.2) is 28.4 Å². The Morgan fingerprint density at radius 1 is 1.32 bits per heavy atom. The van der Waals surface area contributed by atoms with E-state index in [1.54, 1.807) is 11.0 Å². The third-order valence-electron chi connectivity index (χ3n) is 4.26. The Bertz CT molecular complexity index is 488. The smallest absolute Gasteiger partial charge is 0.414 e. The number of ketones is 1. The zero-order chi connectivity index (χ0) is 18.9. The highest BCUT2D eigenvalue weighted by atomic mass is 16.6. The number of ether oxygens (including phenoxy) is 1. The van der Waals surface area contributed by atoms with Gasteiger partial charge in [0.05, 0.1) is 0 Å². The van der Waals surface area contributed by atoms with Crippen molar-refractivity contribution in [3.63, 3.8) is 0 Å². The minimum Gasteiger partial charge on any atom is -0.443 e. The van der Waals surface area contributed by atoms with Crippen molar-refractivity contribution >= 4 is 11.9 Å². The van der Waals surface area contributed by atoms with Crippen LogP contribution in [0.25, 0.3) is 0 Å². The predicted octanol–water partition coefficient (Wildman–Crippen LogP) is 5.78. The van der Waals surface area contributed by atoms with Gasteiger partial charge in [0.15, 0.2) is 5.78 Å². The number of nitrogens with zero attached hydrogens (tertiary/aromatic N) is 1. The van der Waals surface area contributed by atoms with Crippen LogP contribution in [0.3, 0.4) is 0 Å². The van der Waals surface area contributed by atoms with Crippen LogP contribution in [0, 0.1) is 0 Å². The first-order chi connectivity index (χ1) is 11.8. The molecule has 0 bridgehead atoms. The molecule has 1 amide bonds. The van der Waals surface area contributed by atoms with Crippen LogP contribution < -0.4 is 0 Å².